The Morgan fingerprint density at radius 2 is 2.09 bits per heavy atom. The van der Waals surface area contributed by atoms with E-state index in [2.05, 4.69) is 9.47 Å². The molecule has 0 heterocycles. The van der Waals surface area contributed by atoms with Crippen molar-refractivity contribution in [1.29, 1.82) is 0 Å². The molecule has 0 aliphatic rings. The molecule has 0 fully saturated rings. The first-order chi connectivity index (χ1) is 5.11. The number of methoxy groups -OCH3 is 1. The number of hydrogen-bond acceptors (Lipinski definition) is 5. The Bertz CT molecular complexity index is 157. The van der Waals surface area contributed by atoms with Gasteiger partial charge in [0.15, 0.2) is 0 Å². The van der Waals surface area contributed by atoms with Crippen LogP contribution in [0.5, 0.6) is 0 Å². The maximum atomic E-state index is 10.7. The van der Waals surface area contributed by atoms with Crippen molar-refractivity contribution in [3.05, 3.63) is 0 Å². The van der Waals surface area contributed by atoms with Crippen LogP contribution in [0.3, 0.4) is 0 Å². The van der Waals surface area contributed by atoms with Gasteiger partial charge in [0.05, 0.1) is 7.11 Å². The maximum absolute atomic E-state index is 10.7. The van der Waals surface area contributed by atoms with Crippen molar-refractivity contribution in [3.8, 4) is 0 Å². The Kier molecular flexibility index (Phi) is 4.21. The highest BCUT2D eigenvalue weighted by Crippen LogP contribution is 1.92. The summed E-state index contributed by atoms with van der Waals surface area (Å²) < 4.78 is 8.82. The molecule has 0 radical (unpaired) electrons. The lowest BCUT2D eigenvalue weighted by Gasteiger charge is -2.11. The summed E-state index contributed by atoms with van der Waals surface area (Å²) in [6, 6.07) is 0. The molecule has 1 atom stereocenters. The number of ether oxygens (including phenoxy) is 2. The molecular formula is C6H11NO4. The van der Waals surface area contributed by atoms with Crippen molar-refractivity contribution in [2.45, 2.75) is 13.0 Å². The first-order valence-electron chi connectivity index (χ1n) is 3.07. The lowest BCUT2D eigenvalue weighted by atomic mass is 10.3. The summed E-state index contributed by atoms with van der Waals surface area (Å²) in [6.07, 6.45) is -0.975. The third-order valence-electron chi connectivity index (χ3n) is 0.986. The van der Waals surface area contributed by atoms with Gasteiger partial charge < -0.3 is 15.2 Å². The molecule has 1 unspecified atom stereocenters. The topological polar surface area (TPSA) is 78.6 Å². The van der Waals surface area contributed by atoms with Gasteiger partial charge in [-0.25, -0.2) is 4.79 Å². The summed E-state index contributed by atoms with van der Waals surface area (Å²) in [5.74, 6) is -1.19. The van der Waals surface area contributed by atoms with Gasteiger partial charge in [-0.15, -0.1) is 0 Å². The van der Waals surface area contributed by atoms with Gasteiger partial charge in [-0.1, -0.05) is 0 Å². The van der Waals surface area contributed by atoms with E-state index in [0.717, 1.165) is 0 Å². The summed E-state index contributed by atoms with van der Waals surface area (Å²) in [6.45, 7) is 1.14. The van der Waals surface area contributed by atoms with Crippen molar-refractivity contribution in [1.82, 2.24) is 0 Å². The van der Waals surface area contributed by atoms with Crippen LogP contribution in [0.2, 0.25) is 0 Å². The van der Waals surface area contributed by atoms with E-state index in [1.165, 1.54) is 14.0 Å². The molecule has 0 rings (SSSR count). The van der Waals surface area contributed by atoms with Crippen LogP contribution in [-0.4, -0.2) is 31.7 Å². The average Bonchev–Trinajstić information content (AvgIpc) is 1.98. The molecule has 64 valence electrons. The van der Waals surface area contributed by atoms with Crippen LogP contribution in [0.4, 0.5) is 0 Å². The summed E-state index contributed by atoms with van der Waals surface area (Å²) in [5, 5.41) is 0. The highest BCUT2D eigenvalue weighted by atomic mass is 16.6. The van der Waals surface area contributed by atoms with Crippen LogP contribution in [0.25, 0.3) is 0 Å². The molecular weight excluding hydrogens is 150 g/mol. The predicted molar refractivity (Wildman–Crippen MR) is 36.6 cm³/mol. The van der Waals surface area contributed by atoms with Crippen molar-refractivity contribution >= 4 is 11.9 Å². The lowest BCUT2D eigenvalue weighted by molar-refractivity contribution is -0.163. The summed E-state index contributed by atoms with van der Waals surface area (Å²) in [7, 11) is 1.20. The fraction of sp³-hybridized carbons (Fsp3) is 0.667. The number of carbonyl (C=O) groups is 2. The molecule has 0 aromatic heterocycles. The van der Waals surface area contributed by atoms with Gasteiger partial charge in [0.2, 0.25) is 6.10 Å². The van der Waals surface area contributed by atoms with Gasteiger partial charge in [0.1, 0.15) is 0 Å². The minimum absolute atomic E-state index is 0.0632. The number of hydrogen-bond donors (Lipinski definition) is 1. The van der Waals surface area contributed by atoms with Gasteiger partial charge in [-0.05, 0) is 0 Å². The Balaban J connectivity index is 3.94. The molecule has 0 spiro atoms. The van der Waals surface area contributed by atoms with Gasteiger partial charge in [-0.2, -0.15) is 0 Å². The zero-order valence-electron chi connectivity index (χ0n) is 6.49. The summed E-state index contributed by atoms with van der Waals surface area (Å²) in [5.41, 5.74) is 5.12. The summed E-state index contributed by atoms with van der Waals surface area (Å²) in [4.78, 5) is 21.0. The fourth-order valence-electron chi connectivity index (χ4n) is 0.524. The molecule has 0 saturated carbocycles. The van der Waals surface area contributed by atoms with Crippen LogP contribution < -0.4 is 5.73 Å². The Labute approximate surface area is 64.5 Å². The first kappa shape index (κ1) is 9.90. The number of rotatable bonds is 3. The molecule has 0 aromatic rings. The monoisotopic (exact) mass is 161 g/mol. The molecule has 0 aromatic carbocycles. The second-order valence-electron chi connectivity index (χ2n) is 1.86. The third kappa shape index (κ3) is 3.57. The highest BCUT2D eigenvalue weighted by Gasteiger charge is 2.19. The largest absolute Gasteiger partial charge is 0.466 e. The second-order valence-corrected chi connectivity index (χ2v) is 1.86. The molecule has 11 heavy (non-hydrogen) atoms. The zero-order chi connectivity index (χ0) is 8.85. The van der Waals surface area contributed by atoms with Crippen LogP contribution in [0.1, 0.15) is 6.92 Å². The SMILES string of the molecule is COC(=O)C(CN)OC(C)=O. The molecule has 5 nitrogen and oxygen atoms in total. The van der Waals surface area contributed by atoms with E-state index in [1.807, 2.05) is 0 Å². The molecule has 2 N–H and O–H groups in total. The van der Waals surface area contributed by atoms with E-state index in [-0.39, 0.29) is 6.54 Å². The average molecular weight is 161 g/mol. The molecule has 0 aliphatic heterocycles. The Morgan fingerprint density at radius 1 is 1.55 bits per heavy atom. The van der Waals surface area contributed by atoms with Crippen molar-refractivity contribution in [2.24, 2.45) is 5.73 Å². The molecule has 0 aliphatic carbocycles. The lowest BCUT2D eigenvalue weighted by Crippen LogP contribution is -2.34. The summed E-state index contributed by atoms with van der Waals surface area (Å²) >= 11 is 0. The predicted octanol–water partition coefficient (Wildman–Crippen LogP) is -0.950. The fourth-order valence-corrected chi connectivity index (χ4v) is 0.524. The second kappa shape index (κ2) is 4.68. The van der Waals surface area contributed by atoms with Crippen LogP contribution in [0.15, 0.2) is 0 Å². The van der Waals surface area contributed by atoms with Crippen molar-refractivity contribution < 1.29 is 19.1 Å². The molecule has 0 amide bonds. The van der Waals surface area contributed by atoms with E-state index in [9.17, 15) is 9.59 Å². The maximum Gasteiger partial charge on any atom is 0.348 e. The molecule has 0 bridgehead atoms. The van der Waals surface area contributed by atoms with Gasteiger partial charge in [0.25, 0.3) is 0 Å². The van der Waals surface area contributed by atoms with Gasteiger partial charge in [-0.3, -0.25) is 4.79 Å². The van der Waals surface area contributed by atoms with E-state index < -0.39 is 18.0 Å². The van der Waals surface area contributed by atoms with E-state index in [0.29, 0.717) is 0 Å². The first-order valence-corrected chi connectivity index (χ1v) is 3.07. The number of carbonyl (C=O) groups excluding carboxylic acids is 2. The Hall–Kier alpha value is -1.10. The standard InChI is InChI=1S/C6H11NO4/c1-4(8)11-5(3-7)6(9)10-2/h5H,3,7H2,1-2H3. The number of esters is 2. The van der Waals surface area contributed by atoms with Crippen molar-refractivity contribution in [3.63, 3.8) is 0 Å². The minimum atomic E-state index is -0.975. The zero-order valence-corrected chi connectivity index (χ0v) is 6.49. The molecule has 5 heteroatoms. The minimum Gasteiger partial charge on any atom is -0.466 e. The van der Waals surface area contributed by atoms with E-state index >= 15 is 0 Å². The van der Waals surface area contributed by atoms with Crippen LogP contribution in [0, 0.1) is 0 Å². The van der Waals surface area contributed by atoms with Crippen molar-refractivity contribution in [2.75, 3.05) is 13.7 Å². The van der Waals surface area contributed by atoms with Crippen LogP contribution >= 0.6 is 0 Å². The third-order valence-corrected chi connectivity index (χ3v) is 0.986. The normalized spacial score (nSPS) is 11.9. The van der Waals surface area contributed by atoms with Gasteiger partial charge >= 0.3 is 11.9 Å². The highest BCUT2D eigenvalue weighted by molar-refractivity contribution is 5.78. The van der Waals surface area contributed by atoms with Crippen LogP contribution in [-0.2, 0) is 19.1 Å². The van der Waals surface area contributed by atoms with Gasteiger partial charge in [0, 0.05) is 13.5 Å². The molecule has 0 saturated heterocycles. The smallest absolute Gasteiger partial charge is 0.348 e. The number of nitrogens with two attached hydrogens (primary N) is 1. The Morgan fingerprint density at radius 3 is 2.36 bits per heavy atom. The van der Waals surface area contributed by atoms with E-state index in [4.69, 9.17) is 5.73 Å². The quantitative estimate of drug-likeness (QED) is 0.540. The van der Waals surface area contributed by atoms with E-state index in [1.54, 1.807) is 0 Å².